The van der Waals surface area contributed by atoms with E-state index in [1.807, 2.05) is 84.9 Å². The molecule has 0 bridgehead atoms. The number of aromatic nitrogens is 5. The molecule has 12 rings (SSSR count). The number of hydrogen-bond acceptors (Lipinski definition) is 8. The maximum Gasteiger partial charge on any atom is 0.164 e. The quantitative estimate of drug-likeness (QED) is 0.174. The number of thiophene rings is 2. The second-order valence-corrected chi connectivity index (χ2v) is 16.1. The fourth-order valence-electron chi connectivity index (χ4n) is 7.87. The van der Waals surface area contributed by atoms with Crippen LogP contribution in [0.2, 0.25) is 0 Å². The summed E-state index contributed by atoms with van der Waals surface area (Å²) in [5, 5.41) is 5.49. The van der Waals surface area contributed by atoms with Gasteiger partial charge in [0.25, 0.3) is 0 Å². The molecule has 5 heterocycles. The van der Waals surface area contributed by atoms with E-state index in [-0.39, 0.29) is 0 Å². The number of benzene rings is 7. The molecule has 0 radical (unpaired) electrons. The van der Waals surface area contributed by atoms with Crippen LogP contribution in [0.5, 0.6) is 0 Å². The van der Waals surface area contributed by atoms with Gasteiger partial charge in [0, 0.05) is 68.8 Å². The van der Waals surface area contributed by atoms with Gasteiger partial charge in [-0.2, -0.15) is 0 Å². The lowest BCUT2D eigenvalue weighted by atomic mass is 10.0. The van der Waals surface area contributed by atoms with Gasteiger partial charge < -0.3 is 4.42 Å². The maximum absolute atomic E-state index is 6.17. The van der Waals surface area contributed by atoms with E-state index in [9.17, 15) is 0 Å². The standard InChI is InChI=1S/C49H27N5OS2/c1-3-12-28(13-4-1)46-52-47(29-14-5-2-6-15-29)54-49(53-46)34-18-11-21-41-42(34)36-26-30(23-25-40(36)56-41)43-45-44(33-17-8-10-20-39(33)57-45)51-48(50-43)31-22-24-38-35(27-31)32-16-7-9-19-37(32)55-38/h1-27H. The van der Waals surface area contributed by atoms with E-state index in [2.05, 4.69) is 78.9 Å². The van der Waals surface area contributed by atoms with E-state index >= 15 is 0 Å². The van der Waals surface area contributed by atoms with Crippen LogP contribution in [0.1, 0.15) is 0 Å². The molecule has 5 aromatic heterocycles. The number of fused-ring (bicyclic) bond motifs is 9. The highest BCUT2D eigenvalue weighted by Crippen LogP contribution is 2.44. The Balaban J connectivity index is 1.08. The third-order valence-corrected chi connectivity index (χ3v) is 12.9. The fraction of sp³-hybridized carbons (Fsp3) is 0. The molecule has 8 heteroatoms. The molecule has 0 fully saturated rings. The van der Waals surface area contributed by atoms with Crippen molar-refractivity contribution in [3.8, 4) is 56.8 Å². The summed E-state index contributed by atoms with van der Waals surface area (Å²) in [4.78, 5) is 25.8. The Labute approximate surface area is 333 Å². The molecule has 0 aliphatic carbocycles. The van der Waals surface area contributed by atoms with Crippen molar-refractivity contribution in [1.29, 1.82) is 0 Å². The Kier molecular flexibility index (Phi) is 7.17. The minimum Gasteiger partial charge on any atom is -0.456 e. The second-order valence-electron chi connectivity index (χ2n) is 14.0. The van der Waals surface area contributed by atoms with Crippen molar-refractivity contribution < 1.29 is 4.42 Å². The molecule has 7 aromatic carbocycles. The fourth-order valence-corrected chi connectivity index (χ4v) is 10.1. The predicted octanol–water partition coefficient (Wildman–Crippen LogP) is 13.6. The zero-order chi connectivity index (χ0) is 37.5. The Hall–Kier alpha value is -7.13. The monoisotopic (exact) mass is 765 g/mol. The lowest BCUT2D eigenvalue weighted by Gasteiger charge is -2.10. The maximum atomic E-state index is 6.17. The topological polar surface area (TPSA) is 77.6 Å². The van der Waals surface area contributed by atoms with Crippen LogP contribution in [0.15, 0.2) is 168 Å². The predicted molar refractivity (Wildman–Crippen MR) is 236 cm³/mol. The smallest absolute Gasteiger partial charge is 0.164 e. The number of hydrogen-bond donors (Lipinski definition) is 0. The summed E-state index contributed by atoms with van der Waals surface area (Å²) in [6.45, 7) is 0. The highest BCUT2D eigenvalue weighted by Gasteiger charge is 2.21. The van der Waals surface area contributed by atoms with Crippen molar-refractivity contribution in [3.05, 3.63) is 164 Å². The van der Waals surface area contributed by atoms with Crippen LogP contribution in [0.4, 0.5) is 0 Å². The average Bonchev–Trinajstić information content (AvgIpc) is 3.97. The molecule has 0 N–H and O–H groups in total. The molecule has 0 saturated heterocycles. The summed E-state index contributed by atoms with van der Waals surface area (Å²) in [7, 11) is 0. The SMILES string of the molecule is c1ccc(-c2nc(-c3ccccc3)nc(-c3cccc4sc5ccc(-c6nc(-c7ccc8oc9ccccc9c8c7)nc7c6sc6ccccc67)cc5c34)n2)cc1. The van der Waals surface area contributed by atoms with Crippen molar-refractivity contribution >= 4 is 85.1 Å². The molecular formula is C49H27N5OS2. The first kappa shape index (κ1) is 32.1. The van der Waals surface area contributed by atoms with E-state index in [1.54, 1.807) is 22.7 Å². The van der Waals surface area contributed by atoms with Crippen molar-refractivity contribution in [2.45, 2.75) is 0 Å². The summed E-state index contributed by atoms with van der Waals surface area (Å²) in [6, 6.07) is 56.3. The molecule has 0 aliphatic rings. The summed E-state index contributed by atoms with van der Waals surface area (Å²) >= 11 is 3.51. The lowest BCUT2D eigenvalue weighted by molar-refractivity contribution is 0.669. The third kappa shape index (κ3) is 5.26. The zero-order valence-corrected chi connectivity index (χ0v) is 31.7. The van der Waals surface area contributed by atoms with Crippen LogP contribution in [-0.4, -0.2) is 24.9 Å². The number of furan rings is 1. The number of rotatable bonds is 5. The van der Waals surface area contributed by atoms with Gasteiger partial charge in [0.15, 0.2) is 23.3 Å². The van der Waals surface area contributed by atoms with Gasteiger partial charge in [-0.1, -0.05) is 115 Å². The Morgan fingerprint density at radius 2 is 0.982 bits per heavy atom. The molecule has 0 saturated carbocycles. The van der Waals surface area contributed by atoms with Crippen LogP contribution >= 0.6 is 22.7 Å². The van der Waals surface area contributed by atoms with Gasteiger partial charge in [-0.15, -0.1) is 22.7 Å². The van der Waals surface area contributed by atoms with E-state index in [1.165, 1.54) is 14.1 Å². The Bertz CT molecular complexity index is 3480. The first-order valence-corrected chi connectivity index (χ1v) is 20.3. The van der Waals surface area contributed by atoms with Gasteiger partial charge in [0.2, 0.25) is 0 Å². The molecule has 6 nitrogen and oxygen atoms in total. The molecule has 0 aliphatic heterocycles. The Morgan fingerprint density at radius 3 is 1.79 bits per heavy atom. The molecule has 266 valence electrons. The summed E-state index contributed by atoms with van der Waals surface area (Å²) < 4.78 is 10.8. The van der Waals surface area contributed by atoms with Crippen molar-refractivity contribution in [1.82, 2.24) is 24.9 Å². The minimum atomic E-state index is 0.636. The molecule has 0 spiro atoms. The van der Waals surface area contributed by atoms with Crippen LogP contribution in [-0.2, 0) is 0 Å². The van der Waals surface area contributed by atoms with Crippen LogP contribution in [0.3, 0.4) is 0 Å². The van der Waals surface area contributed by atoms with E-state index in [4.69, 9.17) is 29.3 Å². The van der Waals surface area contributed by atoms with Crippen molar-refractivity contribution in [3.63, 3.8) is 0 Å². The van der Waals surface area contributed by atoms with Gasteiger partial charge in [-0.05, 0) is 48.5 Å². The summed E-state index contributed by atoms with van der Waals surface area (Å²) in [5.74, 6) is 2.59. The van der Waals surface area contributed by atoms with Gasteiger partial charge in [-0.25, -0.2) is 24.9 Å². The van der Waals surface area contributed by atoms with E-state index in [0.717, 1.165) is 81.8 Å². The minimum absolute atomic E-state index is 0.636. The van der Waals surface area contributed by atoms with Gasteiger partial charge in [-0.3, -0.25) is 0 Å². The average molecular weight is 766 g/mol. The molecule has 0 amide bonds. The number of nitrogens with zero attached hydrogens (tertiary/aromatic N) is 5. The van der Waals surface area contributed by atoms with Gasteiger partial charge >= 0.3 is 0 Å². The van der Waals surface area contributed by atoms with Crippen LogP contribution < -0.4 is 0 Å². The molecule has 57 heavy (non-hydrogen) atoms. The van der Waals surface area contributed by atoms with Crippen molar-refractivity contribution in [2.24, 2.45) is 0 Å². The highest BCUT2D eigenvalue weighted by molar-refractivity contribution is 7.26. The first-order chi connectivity index (χ1) is 28.2. The molecule has 0 atom stereocenters. The highest BCUT2D eigenvalue weighted by atomic mass is 32.1. The van der Waals surface area contributed by atoms with Crippen LogP contribution in [0, 0.1) is 0 Å². The normalized spacial score (nSPS) is 11.9. The van der Waals surface area contributed by atoms with Gasteiger partial charge in [0.1, 0.15) is 11.2 Å². The summed E-state index contributed by atoms with van der Waals surface area (Å²) in [5.41, 5.74) is 8.38. The Morgan fingerprint density at radius 1 is 0.368 bits per heavy atom. The number of para-hydroxylation sites is 1. The third-order valence-electron chi connectivity index (χ3n) is 10.6. The van der Waals surface area contributed by atoms with Crippen LogP contribution in [0.25, 0.3) is 119 Å². The molecular weight excluding hydrogens is 739 g/mol. The summed E-state index contributed by atoms with van der Waals surface area (Å²) in [6.07, 6.45) is 0. The largest absolute Gasteiger partial charge is 0.456 e. The van der Waals surface area contributed by atoms with E-state index < -0.39 is 0 Å². The second kappa shape index (κ2) is 12.7. The lowest BCUT2D eigenvalue weighted by Crippen LogP contribution is -2.00. The van der Waals surface area contributed by atoms with Crippen molar-refractivity contribution in [2.75, 3.05) is 0 Å². The van der Waals surface area contributed by atoms with Gasteiger partial charge in [0.05, 0.1) is 15.9 Å². The van der Waals surface area contributed by atoms with E-state index in [0.29, 0.717) is 23.3 Å². The molecule has 12 aromatic rings. The first-order valence-electron chi connectivity index (χ1n) is 18.7. The zero-order valence-electron chi connectivity index (χ0n) is 30.0. The molecule has 0 unspecified atom stereocenters.